The van der Waals surface area contributed by atoms with Gasteiger partial charge in [-0.05, 0) is 18.9 Å². The van der Waals surface area contributed by atoms with Crippen molar-refractivity contribution in [3.8, 4) is 6.07 Å². The maximum Gasteiger partial charge on any atom is 0.332 e. The first-order chi connectivity index (χ1) is 8.69. The van der Waals surface area contributed by atoms with Gasteiger partial charge in [0.15, 0.2) is 6.10 Å². The Morgan fingerprint density at radius 1 is 1.67 bits per heavy atom. The molecule has 2 unspecified atom stereocenters. The van der Waals surface area contributed by atoms with Crippen molar-refractivity contribution in [3.05, 3.63) is 18.0 Å². The van der Waals surface area contributed by atoms with Crippen LogP contribution in [0.1, 0.15) is 18.5 Å². The second-order valence-electron chi connectivity index (χ2n) is 3.92. The second kappa shape index (κ2) is 5.42. The number of carboxylic acid groups (broad SMARTS) is 1. The molecule has 0 amide bonds. The van der Waals surface area contributed by atoms with Crippen molar-refractivity contribution in [2.45, 2.75) is 25.0 Å². The van der Waals surface area contributed by atoms with E-state index in [1.807, 2.05) is 6.07 Å². The molecule has 0 spiro atoms. The lowest BCUT2D eigenvalue weighted by molar-refractivity contribution is -0.149. The van der Waals surface area contributed by atoms with Gasteiger partial charge in [0.25, 0.3) is 0 Å². The number of hydrogen-bond donors (Lipinski definition) is 2. The highest BCUT2D eigenvalue weighted by atomic mass is 16.5. The number of hydrogen-bond acceptors (Lipinski definition) is 6. The molecule has 0 aliphatic carbocycles. The van der Waals surface area contributed by atoms with Crippen molar-refractivity contribution in [2.75, 3.05) is 11.9 Å². The zero-order valence-electron chi connectivity index (χ0n) is 9.54. The fourth-order valence-corrected chi connectivity index (χ4v) is 1.75. The highest BCUT2D eigenvalue weighted by Gasteiger charge is 2.30. The topological polar surface area (TPSA) is 108 Å². The number of anilines is 1. The third-order valence-corrected chi connectivity index (χ3v) is 2.64. The number of carboxylic acids is 1. The van der Waals surface area contributed by atoms with Crippen LogP contribution < -0.4 is 5.32 Å². The molecule has 1 saturated heterocycles. The number of aliphatic carboxylic acids is 1. The van der Waals surface area contributed by atoms with Gasteiger partial charge in [-0.25, -0.2) is 14.8 Å². The lowest BCUT2D eigenvalue weighted by Gasteiger charge is -2.11. The summed E-state index contributed by atoms with van der Waals surface area (Å²) < 4.78 is 5.32. The van der Waals surface area contributed by atoms with Gasteiger partial charge in [-0.15, -0.1) is 0 Å². The molecule has 7 nitrogen and oxygen atoms in total. The van der Waals surface area contributed by atoms with Crippen LogP contribution in [0, 0.1) is 11.3 Å². The predicted octanol–water partition coefficient (Wildman–Crippen LogP) is 0.392. The van der Waals surface area contributed by atoms with Crippen LogP contribution in [0.25, 0.3) is 0 Å². The van der Waals surface area contributed by atoms with Crippen molar-refractivity contribution < 1.29 is 14.6 Å². The smallest absolute Gasteiger partial charge is 0.332 e. The minimum Gasteiger partial charge on any atom is -0.479 e. The van der Waals surface area contributed by atoms with E-state index >= 15 is 0 Å². The molecule has 1 aromatic heterocycles. The van der Waals surface area contributed by atoms with E-state index in [2.05, 4.69) is 15.3 Å². The van der Waals surface area contributed by atoms with Gasteiger partial charge < -0.3 is 15.2 Å². The Balaban J connectivity index is 1.85. The molecule has 2 N–H and O–H groups in total. The van der Waals surface area contributed by atoms with Crippen molar-refractivity contribution in [2.24, 2.45) is 0 Å². The average molecular weight is 248 g/mol. The fraction of sp³-hybridized carbons (Fsp3) is 0.455. The Bertz CT molecular complexity index is 485. The van der Waals surface area contributed by atoms with Crippen molar-refractivity contribution >= 4 is 11.9 Å². The van der Waals surface area contributed by atoms with E-state index in [1.54, 1.807) is 0 Å². The number of ether oxygens (including phenoxy) is 1. The normalized spacial score (nSPS) is 22.4. The van der Waals surface area contributed by atoms with Crippen LogP contribution in [0.4, 0.5) is 5.95 Å². The Hall–Kier alpha value is -2.20. The number of aromatic nitrogens is 2. The highest BCUT2D eigenvalue weighted by Crippen LogP contribution is 2.19. The zero-order chi connectivity index (χ0) is 13.0. The van der Waals surface area contributed by atoms with Gasteiger partial charge in [-0.2, -0.15) is 5.26 Å². The first kappa shape index (κ1) is 12.3. The van der Waals surface area contributed by atoms with E-state index in [4.69, 9.17) is 15.1 Å². The minimum atomic E-state index is -0.930. The first-order valence-corrected chi connectivity index (χ1v) is 5.54. The van der Waals surface area contributed by atoms with Crippen LogP contribution in [0.3, 0.4) is 0 Å². The van der Waals surface area contributed by atoms with Crippen LogP contribution in [-0.2, 0) is 9.53 Å². The van der Waals surface area contributed by atoms with Crippen molar-refractivity contribution in [3.63, 3.8) is 0 Å². The van der Waals surface area contributed by atoms with E-state index in [0.717, 1.165) is 0 Å². The van der Waals surface area contributed by atoms with E-state index in [1.165, 1.54) is 12.3 Å². The Kier molecular flexibility index (Phi) is 3.69. The molecule has 0 aromatic carbocycles. The molecule has 0 saturated carbocycles. The predicted molar refractivity (Wildman–Crippen MR) is 60.8 cm³/mol. The molecule has 1 fully saturated rings. The quantitative estimate of drug-likeness (QED) is 0.793. The van der Waals surface area contributed by atoms with Crippen LogP contribution in [-0.4, -0.2) is 39.8 Å². The summed E-state index contributed by atoms with van der Waals surface area (Å²) in [5.74, 6) is -0.586. The molecule has 2 atom stereocenters. The summed E-state index contributed by atoms with van der Waals surface area (Å²) in [4.78, 5) is 18.6. The van der Waals surface area contributed by atoms with E-state index < -0.39 is 12.1 Å². The Morgan fingerprint density at radius 3 is 3.17 bits per heavy atom. The molecule has 1 aromatic rings. The third-order valence-electron chi connectivity index (χ3n) is 2.64. The van der Waals surface area contributed by atoms with E-state index in [9.17, 15) is 4.79 Å². The fourth-order valence-electron chi connectivity index (χ4n) is 1.75. The van der Waals surface area contributed by atoms with E-state index in [-0.39, 0.29) is 11.8 Å². The SMILES string of the molecule is N#Cc1ccnc(NCC2CCC(C(=O)O)O2)n1. The van der Waals surface area contributed by atoms with Gasteiger partial charge in [0, 0.05) is 12.7 Å². The summed E-state index contributed by atoms with van der Waals surface area (Å²) in [5.41, 5.74) is 0.281. The maximum absolute atomic E-state index is 10.7. The maximum atomic E-state index is 10.7. The Morgan fingerprint density at radius 2 is 2.50 bits per heavy atom. The van der Waals surface area contributed by atoms with Crippen molar-refractivity contribution in [1.82, 2.24) is 9.97 Å². The monoisotopic (exact) mass is 248 g/mol. The van der Waals surface area contributed by atoms with Gasteiger partial charge >= 0.3 is 5.97 Å². The zero-order valence-corrected chi connectivity index (χ0v) is 9.54. The summed E-state index contributed by atoms with van der Waals surface area (Å²) in [6, 6.07) is 3.43. The number of nitrogens with zero attached hydrogens (tertiary/aromatic N) is 3. The lowest BCUT2D eigenvalue weighted by atomic mass is 10.2. The van der Waals surface area contributed by atoms with Gasteiger partial charge in [0.1, 0.15) is 11.8 Å². The lowest BCUT2D eigenvalue weighted by Crippen LogP contribution is -2.25. The molecule has 1 aliphatic heterocycles. The number of carbonyl (C=O) groups is 1. The van der Waals surface area contributed by atoms with Gasteiger partial charge in [0.05, 0.1) is 6.10 Å². The van der Waals surface area contributed by atoms with Crippen LogP contribution in [0.2, 0.25) is 0 Å². The molecule has 0 radical (unpaired) electrons. The molecule has 7 heteroatoms. The van der Waals surface area contributed by atoms with Gasteiger partial charge in [0.2, 0.25) is 5.95 Å². The molecule has 1 aliphatic rings. The summed E-state index contributed by atoms with van der Waals surface area (Å²) in [6.07, 6.45) is 1.80. The number of nitriles is 1. The van der Waals surface area contributed by atoms with Crippen molar-refractivity contribution in [1.29, 1.82) is 5.26 Å². The summed E-state index contributed by atoms with van der Waals surface area (Å²) in [7, 11) is 0. The first-order valence-electron chi connectivity index (χ1n) is 5.54. The average Bonchev–Trinajstić information content (AvgIpc) is 2.85. The molecule has 18 heavy (non-hydrogen) atoms. The summed E-state index contributed by atoms with van der Waals surface area (Å²) in [5, 5.41) is 20.4. The number of nitrogens with one attached hydrogen (secondary N) is 1. The highest BCUT2D eigenvalue weighted by molar-refractivity contribution is 5.72. The number of rotatable bonds is 4. The Labute approximate surface area is 103 Å². The largest absolute Gasteiger partial charge is 0.479 e. The third kappa shape index (κ3) is 2.93. The minimum absolute atomic E-state index is 0.166. The van der Waals surface area contributed by atoms with Gasteiger partial charge in [-0.1, -0.05) is 0 Å². The standard InChI is InChI=1S/C11H12N4O3/c12-5-7-3-4-13-11(15-7)14-6-8-1-2-9(18-8)10(16)17/h3-4,8-9H,1-2,6H2,(H,16,17)(H,13,14,15). The molecule has 0 bridgehead atoms. The molecular weight excluding hydrogens is 236 g/mol. The summed E-state index contributed by atoms with van der Waals surface area (Å²) in [6.45, 7) is 0.429. The van der Waals surface area contributed by atoms with Crippen LogP contribution in [0.5, 0.6) is 0 Å². The molecule has 94 valence electrons. The molecule has 2 rings (SSSR count). The molecule has 2 heterocycles. The van der Waals surface area contributed by atoms with Crippen LogP contribution >= 0.6 is 0 Å². The van der Waals surface area contributed by atoms with E-state index in [0.29, 0.717) is 25.3 Å². The van der Waals surface area contributed by atoms with Gasteiger partial charge in [-0.3, -0.25) is 0 Å². The second-order valence-corrected chi connectivity index (χ2v) is 3.92. The van der Waals surface area contributed by atoms with Crippen LogP contribution in [0.15, 0.2) is 12.3 Å². The molecular formula is C11H12N4O3. The summed E-state index contributed by atoms with van der Waals surface area (Å²) >= 11 is 0.